The van der Waals surface area contributed by atoms with Crippen LogP contribution in [0.1, 0.15) is 10.5 Å². The molecule has 0 spiro atoms. The van der Waals surface area contributed by atoms with E-state index in [1.165, 1.54) is 28.9 Å². The van der Waals surface area contributed by atoms with Gasteiger partial charge in [-0.15, -0.1) is 11.3 Å². The van der Waals surface area contributed by atoms with Gasteiger partial charge in [0.1, 0.15) is 10.7 Å². The van der Waals surface area contributed by atoms with Crippen LogP contribution in [0.4, 0.5) is 0 Å². The van der Waals surface area contributed by atoms with Gasteiger partial charge in [-0.1, -0.05) is 6.07 Å². The number of pyridine rings is 1. The number of sulfonamides is 1. The molecule has 3 heterocycles. The zero-order valence-electron chi connectivity index (χ0n) is 11.8. The molecule has 3 aromatic rings. The van der Waals surface area contributed by atoms with Crippen molar-refractivity contribution in [3.05, 3.63) is 41.7 Å². The van der Waals surface area contributed by atoms with Crippen molar-refractivity contribution in [1.82, 2.24) is 19.1 Å². The van der Waals surface area contributed by atoms with E-state index in [-0.39, 0.29) is 5.69 Å². The van der Waals surface area contributed by atoms with E-state index in [9.17, 15) is 13.2 Å². The summed E-state index contributed by atoms with van der Waals surface area (Å²) >= 11 is 2.76. The Bertz CT molecular complexity index is 949. The van der Waals surface area contributed by atoms with E-state index < -0.39 is 15.9 Å². The van der Waals surface area contributed by atoms with E-state index in [4.69, 9.17) is 0 Å². The normalized spacial score (nSPS) is 11.3. The number of carbonyl (C=O) groups excluding carboxylic acids is 1. The summed E-state index contributed by atoms with van der Waals surface area (Å²) in [6.07, 6.45) is 4.31. The highest BCUT2D eigenvalue weighted by Gasteiger charge is 2.14. The van der Waals surface area contributed by atoms with E-state index in [2.05, 4.69) is 14.3 Å². The summed E-state index contributed by atoms with van der Waals surface area (Å²) in [5.41, 5.74) is 1.51. The van der Waals surface area contributed by atoms with Crippen LogP contribution in [0.15, 0.2) is 36.0 Å². The Balaban J connectivity index is 1.90. The van der Waals surface area contributed by atoms with Crippen LogP contribution >= 0.6 is 22.9 Å². The Morgan fingerprint density at radius 1 is 1.26 bits per heavy atom. The minimum absolute atomic E-state index is 0.0278. The fraction of sp³-hybridized carbons (Fsp3) is 0.0769. The number of nitrogens with one attached hydrogen (secondary N) is 1. The third-order valence-corrected chi connectivity index (χ3v) is 4.91. The van der Waals surface area contributed by atoms with Crippen LogP contribution in [0.5, 0.6) is 0 Å². The SMILES string of the molecule is CS(=O)(=O)NC(=O)c1cccc(-c2cnc(-c3cnsc3)s2)n1. The maximum Gasteiger partial charge on any atom is 0.283 e. The predicted octanol–water partition coefficient (Wildman–Crippen LogP) is 2.02. The number of rotatable bonds is 4. The number of thiazole rings is 1. The Labute approximate surface area is 140 Å². The van der Waals surface area contributed by atoms with Crippen molar-refractivity contribution in [2.24, 2.45) is 0 Å². The molecule has 23 heavy (non-hydrogen) atoms. The van der Waals surface area contributed by atoms with Gasteiger partial charge in [-0.25, -0.2) is 27.5 Å². The maximum absolute atomic E-state index is 11.9. The zero-order valence-corrected chi connectivity index (χ0v) is 14.2. The molecule has 0 saturated carbocycles. The standard InChI is InChI=1S/C13H10N4O3S3/c1-23(19,20)17-12(18)10-4-2-3-9(16-10)11-6-14-13(22-11)8-5-15-21-7-8/h2-7H,1H3,(H,17,18). The van der Waals surface area contributed by atoms with Crippen LogP contribution in [0, 0.1) is 0 Å². The third-order valence-electron chi connectivity index (χ3n) is 2.70. The summed E-state index contributed by atoms with van der Waals surface area (Å²) in [5.74, 6) is -0.763. The molecule has 7 nitrogen and oxygen atoms in total. The number of aromatic nitrogens is 3. The van der Waals surface area contributed by atoms with Crippen LogP contribution in [-0.2, 0) is 10.0 Å². The topological polar surface area (TPSA) is 102 Å². The van der Waals surface area contributed by atoms with E-state index in [0.29, 0.717) is 5.69 Å². The van der Waals surface area contributed by atoms with E-state index in [0.717, 1.165) is 21.7 Å². The Kier molecular flexibility index (Phi) is 4.20. The molecule has 10 heteroatoms. The van der Waals surface area contributed by atoms with Crippen molar-refractivity contribution in [2.75, 3.05) is 6.26 Å². The average molecular weight is 366 g/mol. The van der Waals surface area contributed by atoms with Gasteiger partial charge in [-0.2, -0.15) is 0 Å². The fourth-order valence-corrected chi connectivity index (χ4v) is 3.66. The molecule has 0 atom stereocenters. The molecule has 0 aliphatic carbocycles. The Hall–Kier alpha value is -2.17. The van der Waals surface area contributed by atoms with Crippen LogP contribution in [-0.4, -0.2) is 34.9 Å². The van der Waals surface area contributed by atoms with Gasteiger partial charge in [-0.3, -0.25) is 4.79 Å². The molecular weight excluding hydrogens is 356 g/mol. The Morgan fingerprint density at radius 3 is 2.78 bits per heavy atom. The number of nitrogens with zero attached hydrogens (tertiary/aromatic N) is 3. The fourth-order valence-electron chi connectivity index (χ4n) is 1.76. The molecule has 0 saturated heterocycles. The van der Waals surface area contributed by atoms with E-state index in [1.807, 2.05) is 10.1 Å². The lowest BCUT2D eigenvalue weighted by atomic mass is 10.3. The molecule has 3 aromatic heterocycles. The summed E-state index contributed by atoms with van der Waals surface area (Å²) in [4.78, 5) is 21.2. The van der Waals surface area contributed by atoms with Crippen molar-refractivity contribution in [3.63, 3.8) is 0 Å². The molecule has 0 unspecified atom stereocenters. The molecule has 0 bridgehead atoms. The first-order chi connectivity index (χ1) is 10.9. The highest BCUT2D eigenvalue weighted by atomic mass is 32.2. The molecule has 118 valence electrons. The predicted molar refractivity (Wildman–Crippen MR) is 88.8 cm³/mol. The van der Waals surface area contributed by atoms with Crippen LogP contribution in [0.2, 0.25) is 0 Å². The highest BCUT2D eigenvalue weighted by molar-refractivity contribution is 7.89. The smallest absolute Gasteiger partial charge is 0.266 e. The van der Waals surface area contributed by atoms with Gasteiger partial charge < -0.3 is 0 Å². The zero-order chi connectivity index (χ0) is 16.4. The first-order valence-electron chi connectivity index (χ1n) is 6.27. The lowest BCUT2D eigenvalue weighted by Gasteiger charge is -2.03. The van der Waals surface area contributed by atoms with Crippen molar-refractivity contribution < 1.29 is 13.2 Å². The Morgan fingerprint density at radius 2 is 2.09 bits per heavy atom. The summed E-state index contributed by atoms with van der Waals surface area (Å²) < 4.78 is 28.2. The van der Waals surface area contributed by atoms with E-state index in [1.54, 1.807) is 24.5 Å². The summed E-state index contributed by atoms with van der Waals surface area (Å²) in [7, 11) is -3.63. The lowest BCUT2D eigenvalue weighted by Crippen LogP contribution is -2.30. The first-order valence-corrected chi connectivity index (χ1v) is 9.82. The second-order valence-electron chi connectivity index (χ2n) is 4.55. The number of hydrogen-bond donors (Lipinski definition) is 1. The number of hydrogen-bond acceptors (Lipinski definition) is 8. The molecule has 0 radical (unpaired) electrons. The molecule has 0 aromatic carbocycles. The van der Waals surface area contributed by atoms with Gasteiger partial charge in [-0.05, 0) is 23.7 Å². The summed E-state index contributed by atoms with van der Waals surface area (Å²) in [6, 6.07) is 4.83. The quantitative estimate of drug-likeness (QED) is 0.758. The van der Waals surface area contributed by atoms with Gasteiger partial charge in [0.25, 0.3) is 5.91 Å². The molecule has 0 aliphatic heterocycles. The summed E-state index contributed by atoms with van der Waals surface area (Å²) in [6.45, 7) is 0. The van der Waals surface area contributed by atoms with Gasteiger partial charge >= 0.3 is 0 Å². The number of amides is 1. The maximum atomic E-state index is 11.9. The van der Waals surface area contributed by atoms with Crippen LogP contribution < -0.4 is 4.72 Å². The van der Waals surface area contributed by atoms with Gasteiger partial charge in [0.05, 0.1) is 23.0 Å². The highest BCUT2D eigenvalue weighted by Crippen LogP contribution is 2.31. The van der Waals surface area contributed by atoms with Crippen molar-refractivity contribution in [1.29, 1.82) is 0 Å². The van der Waals surface area contributed by atoms with E-state index >= 15 is 0 Å². The van der Waals surface area contributed by atoms with Crippen molar-refractivity contribution >= 4 is 38.8 Å². The summed E-state index contributed by atoms with van der Waals surface area (Å²) in [5, 5.41) is 2.70. The largest absolute Gasteiger partial charge is 0.283 e. The number of carbonyl (C=O) groups is 1. The second kappa shape index (κ2) is 6.14. The van der Waals surface area contributed by atoms with Crippen LogP contribution in [0.3, 0.4) is 0 Å². The van der Waals surface area contributed by atoms with Crippen molar-refractivity contribution in [2.45, 2.75) is 0 Å². The monoisotopic (exact) mass is 366 g/mol. The molecule has 0 fully saturated rings. The lowest BCUT2D eigenvalue weighted by molar-refractivity contribution is 0.0977. The average Bonchev–Trinajstić information content (AvgIpc) is 3.17. The molecule has 3 rings (SSSR count). The molecular formula is C13H10N4O3S3. The molecule has 0 aliphatic rings. The van der Waals surface area contributed by atoms with Gasteiger partial charge in [0.15, 0.2) is 0 Å². The molecule has 1 N–H and O–H groups in total. The first kappa shape index (κ1) is 15.7. The van der Waals surface area contributed by atoms with Gasteiger partial charge in [0.2, 0.25) is 10.0 Å². The van der Waals surface area contributed by atoms with Crippen LogP contribution in [0.25, 0.3) is 21.1 Å². The minimum Gasteiger partial charge on any atom is -0.266 e. The minimum atomic E-state index is -3.63. The third kappa shape index (κ3) is 3.78. The van der Waals surface area contributed by atoms with Crippen molar-refractivity contribution in [3.8, 4) is 21.1 Å². The van der Waals surface area contributed by atoms with Gasteiger partial charge in [0, 0.05) is 17.1 Å². The molecule has 1 amide bonds. The second-order valence-corrected chi connectivity index (χ2v) is 7.99.